The van der Waals surface area contributed by atoms with Crippen LogP contribution in [-0.2, 0) is 4.79 Å². The lowest BCUT2D eigenvalue weighted by Gasteiger charge is -1.97. The van der Waals surface area contributed by atoms with Crippen molar-refractivity contribution in [2.24, 2.45) is 5.92 Å². The van der Waals surface area contributed by atoms with Crippen molar-refractivity contribution in [3.8, 4) is 11.8 Å². The van der Waals surface area contributed by atoms with Crippen LogP contribution in [0.5, 0.6) is 0 Å². The molecule has 100 valence electrons. The highest BCUT2D eigenvalue weighted by atomic mass is 16.4. The fourth-order valence-corrected chi connectivity index (χ4v) is 1.94. The standard InChI is InChI=1S/C16H24O2/c1-2-3-4-5-6-7-8-9-10-15(13-16(17)18)14-11-12-14/h13-14H,2-8,11-12H2,1H3,(H,17,18). The average Bonchev–Trinajstić information content (AvgIpc) is 3.14. The monoisotopic (exact) mass is 248 g/mol. The van der Waals surface area contributed by atoms with Gasteiger partial charge in [0.05, 0.1) is 0 Å². The van der Waals surface area contributed by atoms with Crippen molar-refractivity contribution in [3.63, 3.8) is 0 Å². The Bertz CT molecular complexity index is 340. The maximum absolute atomic E-state index is 10.6. The maximum Gasteiger partial charge on any atom is 0.329 e. The summed E-state index contributed by atoms with van der Waals surface area (Å²) < 4.78 is 0. The molecule has 1 fully saturated rings. The molecule has 0 aliphatic heterocycles. The van der Waals surface area contributed by atoms with Crippen molar-refractivity contribution in [2.75, 3.05) is 0 Å². The second-order valence-electron chi connectivity index (χ2n) is 5.03. The molecule has 2 nitrogen and oxygen atoms in total. The normalized spacial score (nSPS) is 15.1. The van der Waals surface area contributed by atoms with Crippen LogP contribution in [0, 0.1) is 17.8 Å². The Morgan fingerprint density at radius 3 is 2.50 bits per heavy atom. The van der Waals surface area contributed by atoms with Crippen LogP contribution in [0.4, 0.5) is 0 Å². The predicted molar refractivity (Wildman–Crippen MR) is 74.2 cm³/mol. The van der Waals surface area contributed by atoms with Crippen LogP contribution in [0.3, 0.4) is 0 Å². The van der Waals surface area contributed by atoms with Gasteiger partial charge in [-0.15, -0.1) is 0 Å². The van der Waals surface area contributed by atoms with Crippen molar-refractivity contribution in [1.29, 1.82) is 0 Å². The first kappa shape index (κ1) is 14.8. The topological polar surface area (TPSA) is 37.3 Å². The Hall–Kier alpha value is -1.23. The third-order valence-corrected chi connectivity index (χ3v) is 3.18. The molecule has 0 aromatic carbocycles. The van der Waals surface area contributed by atoms with Crippen LogP contribution in [-0.4, -0.2) is 11.1 Å². The fourth-order valence-electron chi connectivity index (χ4n) is 1.94. The van der Waals surface area contributed by atoms with Gasteiger partial charge in [0.2, 0.25) is 0 Å². The highest BCUT2D eigenvalue weighted by Gasteiger charge is 2.25. The van der Waals surface area contributed by atoms with Gasteiger partial charge < -0.3 is 5.11 Å². The molecular weight excluding hydrogens is 224 g/mol. The number of allylic oxidation sites excluding steroid dienone is 1. The number of unbranched alkanes of at least 4 members (excludes halogenated alkanes) is 6. The van der Waals surface area contributed by atoms with Crippen molar-refractivity contribution in [3.05, 3.63) is 11.6 Å². The summed E-state index contributed by atoms with van der Waals surface area (Å²) >= 11 is 0. The molecule has 1 saturated carbocycles. The van der Waals surface area contributed by atoms with Gasteiger partial charge in [-0.2, -0.15) is 0 Å². The zero-order chi connectivity index (χ0) is 13.2. The summed E-state index contributed by atoms with van der Waals surface area (Å²) in [5.74, 6) is 5.73. The van der Waals surface area contributed by atoms with Crippen LogP contribution in [0.15, 0.2) is 11.6 Å². The first-order chi connectivity index (χ1) is 8.74. The van der Waals surface area contributed by atoms with Crippen molar-refractivity contribution >= 4 is 5.97 Å². The number of carbonyl (C=O) groups is 1. The van der Waals surface area contributed by atoms with E-state index in [9.17, 15) is 4.79 Å². The van der Waals surface area contributed by atoms with Crippen molar-refractivity contribution < 1.29 is 9.90 Å². The van der Waals surface area contributed by atoms with Gasteiger partial charge in [-0.05, 0) is 25.2 Å². The van der Waals surface area contributed by atoms with E-state index in [0.717, 1.165) is 31.3 Å². The third-order valence-electron chi connectivity index (χ3n) is 3.18. The lowest BCUT2D eigenvalue weighted by Crippen LogP contribution is -1.92. The van der Waals surface area contributed by atoms with E-state index in [1.54, 1.807) is 0 Å². The Balaban J connectivity index is 2.17. The summed E-state index contributed by atoms with van der Waals surface area (Å²) in [5.41, 5.74) is 0.827. The van der Waals surface area contributed by atoms with Gasteiger partial charge in [0.1, 0.15) is 0 Å². The van der Waals surface area contributed by atoms with Gasteiger partial charge in [0, 0.05) is 18.1 Å². The lowest BCUT2D eigenvalue weighted by atomic mass is 10.1. The molecular formula is C16H24O2. The Morgan fingerprint density at radius 2 is 1.89 bits per heavy atom. The molecule has 0 spiro atoms. The minimum absolute atomic E-state index is 0.429. The molecule has 0 atom stereocenters. The molecule has 1 aliphatic rings. The van der Waals surface area contributed by atoms with E-state index in [1.807, 2.05) is 0 Å². The van der Waals surface area contributed by atoms with Gasteiger partial charge in [-0.3, -0.25) is 0 Å². The molecule has 1 rings (SSSR count). The van der Waals surface area contributed by atoms with Crippen LogP contribution in [0.1, 0.15) is 64.7 Å². The molecule has 1 aliphatic carbocycles. The van der Waals surface area contributed by atoms with Gasteiger partial charge in [0.25, 0.3) is 0 Å². The second-order valence-corrected chi connectivity index (χ2v) is 5.03. The molecule has 0 amide bonds. The fraction of sp³-hybridized carbons (Fsp3) is 0.688. The number of aliphatic carboxylic acids is 1. The highest BCUT2D eigenvalue weighted by Crippen LogP contribution is 2.35. The van der Waals surface area contributed by atoms with Gasteiger partial charge in [0.15, 0.2) is 0 Å². The molecule has 2 heteroatoms. The second kappa shape index (κ2) is 8.80. The van der Waals surface area contributed by atoms with Crippen LogP contribution < -0.4 is 0 Å². The van der Waals surface area contributed by atoms with Gasteiger partial charge in [-0.25, -0.2) is 4.79 Å². The lowest BCUT2D eigenvalue weighted by molar-refractivity contribution is -0.131. The zero-order valence-electron chi connectivity index (χ0n) is 11.4. The molecule has 0 heterocycles. The number of carboxylic acid groups (broad SMARTS) is 1. The van der Waals surface area contributed by atoms with E-state index < -0.39 is 5.97 Å². The van der Waals surface area contributed by atoms with E-state index in [1.165, 1.54) is 38.2 Å². The number of rotatable bonds is 8. The summed E-state index contributed by atoms with van der Waals surface area (Å²) in [6, 6.07) is 0. The summed E-state index contributed by atoms with van der Waals surface area (Å²) in [5, 5.41) is 8.74. The van der Waals surface area contributed by atoms with Crippen molar-refractivity contribution in [2.45, 2.75) is 64.7 Å². The molecule has 0 aromatic rings. The van der Waals surface area contributed by atoms with E-state index in [4.69, 9.17) is 5.11 Å². The first-order valence-corrected chi connectivity index (χ1v) is 7.17. The molecule has 0 bridgehead atoms. The van der Waals surface area contributed by atoms with Crippen LogP contribution >= 0.6 is 0 Å². The summed E-state index contributed by atoms with van der Waals surface area (Å²) in [6.07, 6.45) is 12.0. The Labute approximate surface area is 110 Å². The molecule has 18 heavy (non-hydrogen) atoms. The van der Waals surface area contributed by atoms with Crippen molar-refractivity contribution in [1.82, 2.24) is 0 Å². The van der Waals surface area contributed by atoms with Crippen LogP contribution in [0.2, 0.25) is 0 Å². The largest absolute Gasteiger partial charge is 0.478 e. The Kier molecular flexibility index (Phi) is 7.25. The summed E-state index contributed by atoms with van der Waals surface area (Å²) in [4.78, 5) is 10.6. The molecule has 0 radical (unpaired) electrons. The number of hydrogen-bond acceptors (Lipinski definition) is 1. The SMILES string of the molecule is CCCCCCCCC#CC(=CC(=O)O)C1CC1. The summed E-state index contributed by atoms with van der Waals surface area (Å²) in [6.45, 7) is 2.22. The third kappa shape index (κ3) is 7.17. The maximum atomic E-state index is 10.6. The molecule has 0 aromatic heterocycles. The van der Waals surface area contributed by atoms with E-state index in [0.29, 0.717) is 5.92 Å². The summed E-state index contributed by atoms with van der Waals surface area (Å²) in [7, 11) is 0. The highest BCUT2D eigenvalue weighted by molar-refractivity contribution is 5.82. The number of hydrogen-bond donors (Lipinski definition) is 1. The van der Waals surface area contributed by atoms with Gasteiger partial charge >= 0.3 is 5.97 Å². The smallest absolute Gasteiger partial charge is 0.329 e. The quantitative estimate of drug-likeness (QED) is 0.398. The molecule has 1 N–H and O–H groups in total. The van der Waals surface area contributed by atoms with Gasteiger partial charge in [-0.1, -0.05) is 50.9 Å². The van der Waals surface area contributed by atoms with E-state index in [2.05, 4.69) is 18.8 Å². The zero-order valence-corrected chi connectivity index (χ0v) is 11.4. The van der Waals surface area contributed by atoms with Crippen LogP contribution in [0.25, 0.3) is 0 Å². The first-order valence-electron chi connectivity index (χ1n) is 7.17. The average molecular weight is 248 g/mol. The molecule has 0 unspecified atom stereocenters. The molecule has 0 saturated heterocycles. The van der Waals surface area contributed by atoms with E-state index in [-0.39, 0.29) is 0 Å². The number of carboxylic acids is 1. The minimum Gasteiger partial charge on any atom is -0.478 e. The predicted octanol–water partition coefficient (Wildman–Crippen LogP) is 4.16. The minimum atomic E-state index is -0.870. The van der Waals surface area contributed by atoms with E-state index >= 15 is 0 Å². The Morgan fingerprint density at radius 1 is 1.22 bits per heavy atom.